The fourth-order valence-corrected chi connectivity index (χ4v) is 3.33. The monoisotopic (exact) mass is 371 g/mol. The molecule has 25 heavy (non-hydrogen) atoms. The second-order valence-corrected chi connectivity index (χ2v) is 6.32. The van der Waals surface area contributed by atoms with Crippen LogP contribution in [0.4, 0.5) is 0 Å². The number of carbonyl (C=O) groups excluding carboxylic acids is 2. The first-order valence-corrected chi connectivity index (χ1v) is 8.45. The molecule has 8 nitrogen and oxygen atoms in total. The fraction of sp³-hybridized carbons (Fsp3) is 0.688. The van der Waals surface area contributed by atoms with E-state index >= 15 is 0 Å². The zero-order valence-corrected chi connectivity index (χ0v) is 15.5. The van der Waals surface area contributed by atoms with Gasteiger partial charge in [-0.3, -0.25) is 14.3 Å². The van der Waals surface area contributed by atoms with Gasteiger partial charge in [0.1, 0.15) is 12.1 Å². The van der Waals surface area contributed by atoms with Crippen molar-refractivity contribution in [1.82, 2.24) is 24.9 Å². The molecule has 2 fully saturated rings. The number of hydrogen-bond donors (Lipinski definition) is 1. The van der Waals surface area contributed by atoms with Gasteiger partial charge in [0.2, 0.25) is 5.91 Å². The molecule has 0 spiro atoms. The van der Waals surface area contributed by atoms with E-state index in [0.717, 1.165) is 18.4 Å². The van der Waals surface area contributed by atoms with E-state index in [9.17, 15) is 9.59 Å². The van der Waals surface area contributed by atoms with Crippen LogP contribution in [-0.4, -0.2) is 77.3 Å². The number of piperazine rings is 1. The van der Waals surface area contributed by atoms with Crippen molar-refractivity contribution in [2.24, 2.45) is 7.05 Å². The molecular formula is C16H26ClN5O3. The molecule has 3 rings (SSSR count). The summed E-state index contributed by atoms with van der Waals surface area (Å²) in [7, 11) is 3.60. The third-order valence-electron chi connectivity index (χ3n) is 4.70. The number of likely N-dealkylation sites (N-methyl/N-ethyl adjacent to an activating group) is 1. The molecule has 2 aliphatic rings. The van der Waals surface area contributed by atoms with Crippen LogP contribution in [0.15, 0.2) is 12.4 Å². The molecule has 1 aromatic rings. The minimum Gasteiger partial charge on any atom is -0.368 e. The Morgan fingerprint density at radius 3 is 2.48 bits per heavy atom. The Morgan fingerprint density at radius 2 is 1.96 bits per heavy atom. The Hall–Kier alpha value is -1.64. The highest BCUT2D eigenvalue weighted by Gasteiger charge is 2.33. The van der Waals surface area contributed by atoms with Crippen molar-refractivity contribution in [2.45, 2.75) is 25.0 Å². The van der Waals surface area contributed by atoms with Crippen molar-refractivity contribution in [3.8, 4) is 0 Å². The number of hydrogen-bond acceptors (Lipinski definition) is 5. The SMILES string of the molecule is CNC(C(=O)N1CCN(C(=O)C2CCCO2)CC1)c1cnn(C)c1.Cl. The number of ether oxygens (including phenoxy) is 1. The maximum Gasteiger partial charge on any atom is 0.251 e. The van der Waals surface area contributed by atoms with Gasteiger partial charge in [0.05, 0.1) is 6.20 Å². The van der Waals surface area contributed by atoms with Crippen LogP contribution in [0.1, 0.15) is 24.4 Å². The summed E-state index contributed by atoms with van der Waals surface area (Å²) in [5.41, 5.74) is 0.850. The van der Waals surface area contributed by atoms with Crippen LogP contribution < -0.4 is 5.32 Å². The molecule has 1 N–H and O–H groups in total. The van der Waals surface area contributed by atoms with Gasteiger partial charge in [-0.1, -0.05) is 0 Å². The molecule has 2 atom stereocenters. The number of amides is 2. The molecule has 2 saturated heterocycles. The van der Waals surface area contributed by atoms with Crippen LogP contribution in [0, 0.1) is 0 Å². The van der Waals surface area contributed by atoms with Gasteiger partial charge in [-0.15, -0.1) is 12.4 Å². The molecule has 3 heterocycles. The lowest BCUT2D eigenvalue weighted by Gasteiger charge is -2.37. The Balaban J connectivity index is 0.00000225. The largest absolute Gasteiger partial charge is 0.368 e. The van der Waals surface area contributed by atoms with Crippen molar-refractivity contribution >= 4 is 24.2 Å². The van der Waals surface area contributed by atoms with E-state index in [4.69, 9.17) is 4.74 Å². The lowest BCUT2D eigenvalue weighted by atomic mass is 10.1. The molecule has 140 valence electrons. The molecule has 0 aliphatic carbocycles. The van der Waals surface area contributed by atoms with Crippen LogP contribution in [0.2, 0.25) is 0 Å². The Kier molecular flexibility index (Phi) is 6.80. The summed E-state index contributed by atoms with van der Waals surface area (Å²) < 4.78 is 7.15. The van der Waals surface area contributed by atoms with E-state index in [1.807, 2.05) is 23.0 Å². The third-order valence-corrected chi connectivity index (χ3v) is 4.70. The predicted octanol–water partition coefficient (Wildman–Crippen LogP) is -0.0478. The highest BCUT2D eigenvalue weighted by atomic mass is 35.5. The summed E-state index contributed by atoms with van der Waals surface area (Å²) >= 11 is 0. The van der Waals surface area contributed by atoms with Crippen molar-refractivity contribution in [3.05, 3.63) is 18.0 Å². The molecule has 1 aromatic heterocycles. The number of nitrogens with zero attached hydrogens (tertiary/aromatic N) is 4. The van der Waals surface area contributed by atoms with Crippen LogP contribution in [-0.2, 0) is 21.4 Å². The molecular weight excluding hydrogens is 346 g/mol. The average Bonchev–Trinajstić information content (AvgIpc) is 3.27. The van der Waals surface area contributed by atoms with Gasteiger partial charge in [0, 0.05) is 51.6 Å². The minimum atomic E-state index is -0.404. The summed E-state index contributed by atoms with van der Waals surface area (Å²) in [5, 5.41) is 7.19. The summed E-state index contributed by atoms with van der Waals surface area (Å²) in [6, 6.07) is -0.404. The summed E-state index contributed by atoms with van der Waals surface area (Å²) in [5.74, 6) is 0.0896. The average molecular weight is 372 g/mol. The number of carbonyl (C=O) groups is 2. The third kappa shape index (κ3) is 4.31. The number of rotatable bonds is 4. The lowest BCUT2D eigenvalue weighted by Crippen LogP contribution is -2.54. The molecule has 0 aromatic carbocycles. The van der Waals surface area contributed by atoms with Crippen molar-refractivity contribution < 1.29 is 14.3 Å². The molecule has 2 aliphatic heterocycles. The Morgan fingerprint density at radius 1 is 1.28 bits per heavy atom. The van der Waals surface area contributed by atoms with Gasteiger partial charge < -0.3 is 19.9 Å². The molecule has 0 bridgehead atoms. The van der Waals surface area contributed by atoms with Crippen LogP contribution in [0.3, 0.4) is 0 Å². The Labute approximate surface area is 153 Å². The number of nitrogens with one attached hydrogen (secondary N) is 1. The summed E-state index contributed by atoms with van der Waals surface area (Å²) in [6.07, 6.45) is 5.02. The highest BCUT2D eigenvalue weighted by Crippen LogP contribution is 2.18. The standard InChI is InChI=1S/C16H25N5O3.ClH/c1-17-14(12-10-18-19(2)11-12)16(23)21-7-5-20(6-8-21)15(22)13-4-3-9-24-13;/h10-11,13-14,17H,3-9H2,1-2H3;1H. The zero-order chi connectivity index (χ0) is 17.1. The maximum atomic E-state index is 12.8. The lowest BCUT2D eigenvalue weighted by molar-refractivity contribution is -0.146. The minimum absolute atomic E-state index is 0. The molecule has 0 saturated carbocycles. The van der Waals surface area contributed by atoms with Crippen molar-refractivity contribution in [3.63, 3.8) is 0 Å². The highest BCUT2D eigenvalue weighted by molar-refractivity contribution is 5.85. The van der Waals surface area contributed by atoms with Crippen LogP contribution in [0.5, 0.6) is 0 Å². The van der Waals surface area contributed by atoms with Crippen LogP contribution >= 0.6 is 12.4 Å². The van der Waals surface area contributed by atoms with Gasteiger partial charge >= 0.3 is 0 Å². The van der Waals surface area contributed by atoms with E-state index < -0.39 is 6.04 Å². The number of halogens is 1. The molecule has 2 amide bonds. The normalized spacial score (nSPS) is 21.8. The topological polar surface area (TPSA) is 79.7 Å². The fourth-order valence-electron chi connectivity index (χ4n) is 3.33. The summed E-state index contributed by atoms with van der Waals surface area (Å²) in [6.45, 7) is 2.90. The van der Waals surface area contributed by atoms with Gasteiger partial charge in [-0.25, -0.2) is 0 Å². The zero-order valence-electron chi connectivity index (χ0n) is 14.7. The first-order valence-electron chi connectivity index (χ1n) is 8.45. The van der Waals surface area contributed by atoms with Crippen molar-refractivity contribution in [1.29, 1.82) is 0 Å². The molecule has 2 unspecified atom stereocenters. The second-order valence-electron chi connectivity index (χ2n) is 6.32. The second kappa shape index (κ2) is 8.64. The van der Waals surface area contributed by atoms with Gasteiger partial charge in [-0.2, -0.15) is 5.10 Å². The van der Waals surface area contributed by atoms with E-state index in [2.05, 4.69) is 10.4 Å². The van der Waals surface area contributed by atoms with E-state index in [1.165, 1.54) is 0 Å². The molecule has 0 radical (unpaired) electrons. The predicted molar refractivity (Wildman–Crippen MR) is 94.4 cm³/mol. The maximum absolute atomic E-state index is 12.8. The number of aryl methyl sites for hydroxylation is 1. The number of aromatic nitrogens is 2. The van der Waals surface area contributed by atoms with Gasteiger partial charge in [-0.05, 0) is 19.9 Å². The van der Waals surface area contributed by atoms with Crippen molar-refractivity contribution in [2.75, 3.05) is 39.8 Å². The van der Waals surface area contributed by atoms with E-state index in [0.29, 0.717) is 32.8 Å². The first-order chi connectivity index (χ1) is 11.6. The van der Waals surface area contributed by atoms with Crippen LogP contribution in [0.25, 0.3) is 0 Å². The quantitative estimate of drug-likeness (QED) is 0.803. The Bertz CT molecular complexity index is 594. The molecule has 9 heteroatoms. The van der Waals surface area contributed by atoms with E-state index in [-0.39, 0.29) is 30.3 Å². The smallest absolute Gasteiger partial charge is 0.251 e. The van der Waals surface area contributed by atoms with Gasteiger partial charge in [0.25, 0.3) is 5.91 Å². The summed E-state index contributed by atoms with van der Waals surface area (Å²) in [4.78, 5) is 28.8. The van der Waals surface area contributed by atoms with Gasteiger partial charge in [0.15, 0.2) is 0 Å². The van der Waals surface area contributed by atoms with E-state index in [1.54, 1.807) is 17.9 Å². The first kappa shape index (κ1) is 19.7.